The van der Waals surface area contributed by atoms with Gasteiger partial charge in [-0.25, -0.2) is 4.79 Å². The van der Waals surface area contributed by atoms with Gasteiger partial charge in [-0.2, -0.15) is 0 Å². The summed E-state index contributed by atoms with van der Waals surface area (Å²) < 4.78 is 0. The van der Waals surface area contributed by atoms with Gasteiger partial charge in [0, 0.05) is 43.2 Å². The van der Waals surface area contributed by atoms with E-state index in [9.17, 15) is 9.59 Å². The molecule has 2 N–H and O–H groups in total. The van der Waals surface area contributed by atoms with Crippen LogP contribution in [0.5, 0.6) is 0 Å². The molecule has 0 bridgehead atoms. The van der Waals surface area contributed by atoms with Crippen molar-refractivity contribution in [3.05, 3.63) is 87.9 Å². The number of aryl methyl sites for hydroxylation is 1. The van der Waals surface area contributed by atoms with E-state index in [0.29, 0.717) is 40.9 Å². The predicted octanol–water partition coefficient (Wildman–Crippen LogP) is 5.84. The van der Waals surface area contributed by atoms with Gasteiger partial charge in [-0.15, -0.1) is 0 Å². The zero-order chi connectivity index (χ0) is 24.1. The number of urea groups is 1. The van der Waals surface area contributed by atoms with Crippen LogP contribution in [-0.4, -0.2) is 43.0 Å². The summed E-state index contributed by atoms with van der Waals surface area (Å²) in [7, 11) is 0. The highest BCUT2D eigenvalue weighted by Crippen LogP contribution is 2.25. The lowest BCUT2D eigenvalue weighted by atomic mass is 10.1. The highest BCUT2D eigenvalue weighted by Gasteiger charge is 2.21. The summed E-state index contributed by atoms with van der Waals surface area (Å²) in [6, 6.07) is 20.2. The first kappa shape index (κ1) is 23.9. The maximum atomic E-state index is 12.7. The summed E-state index contributed by atoms with van der Waals surface area (Å²) in [5.41, 5.74) is 4.52. The van der Waals surface area contributed by atoms with Crippen molar-refractivity contribution in [3.63, 3.8) is 0 Å². The molecule has 1 aliphatic rings. The Hall–Kier alpha value is -3.22. The van der Waals surface area contributed by atoms with Crippen molar-refractivity contribution in [2.45, 2.75) is 13.3 Å². The van der Waals surface area contributed by atoms with E-state index >= 15 is 0 Å². The number of anilines is 3. The molecule has 0 saturated carbocycles. The molecule has 1 heterocycles. The topological polar surface area (TPSA) is 64.7 Å². The van der Waals surface area contributed by atoms with Crippen LogP contribution in [0.2, 0.25) is 10.0 Å². The average molecular weight is 497 g/mol. The third-order valence-electron chi connectivity index (χ3n) is 5.90. The number of hydrogen-bond acceptors (Lipinski definition) is 3. The molecular weight excluding hydrogens is 471 g/mol. The lowest BCUT2D eigenvalue weighted by Crippen LogP contribution is -2.49. The lowest BCUT2D eigenvalue weighted by molar-refractivity contribution is -0.130. The van der Waals surface area contributed by atoms with Crippen molar-refractivity contribution < 1.29 is 9.59 Å². The van der Waals surface area contributed by atoms with Gasteiger partial charge in [0.2, 0.25) is 5.91 Å². The molecule has 0 aromatic heterocycles. The van der Waals surface area contributed by atoms with E-state index < -0.39 is 0 Å². The van der Waals surface area contributed by atoms with Gasteiger partial charge in [0.05, 0.1) is 16.5 Å². The fraction of sp³-hybridized carbons (Fsp3) is 0.231. The van der Waals surface area contributed by atoms with Gasteiger partial charge in [0.15, 0.2) is 0 Å². The number of benzene rings is 3. The molecule has 0 unspecified atom stereocenters. The average Bonchev–Trinajstić information content (AvgIpc) is 2.83. The fourth-order valence-corrected chi connectivity index (χ4v) is 4.22. The molecule has 3 aromatic rings. The van der Waals surface area contributed by atoms with Gasteiger partial charge >= 0.3 is 6.03 Å². The maximum Gasteiger partial charge on any atom is 0.323 e. The zero-order valence-corrected chi connectivity index (χ0v) is 20.4. The minimum Gasteiger partial charge on any atom is -0.368 e. The SMILES string of the molecule is Cc1ccccc1CC(=O)N1CCN(c2ccc(NC(=O)Nc3ccc(Cl)c(Cl)c3)cc2)CC1. The Morgan fingerprint density at radius 2 is 1.47 bits per heavy atom. The van der Waals surface area contributed by atoms with Gasteiger partial charge in [0.1, 0.15) is 0 Å². The number of piperazine rings is 1. The Morgan fingerprint density at radius 1 is 0.824 bits per heavy atom. The van der Waals surface area contributed by atoms with Crippen molar-refractivity contribution in [2.24, 2.45) is 0 Å². The summed E-state index contributed by atoms with van der Waals surface area (Å²) in [6.07, 6.45) is 0.442. The molecule has 6 nitrogen and oxygen atoms in total. The molecule has 3 amide bonds. The fourth-order valence-electron chi connectivity index (χ4n) is 3.92. The molecule has 3 aromatic carbocycles. The molecule has 0 aliphatic carbocycles. The number of nitrogens with one attached hydrogen (secondary N) is 2. The summed E-state index contributed by atoms with van der Waals surface area (Å²) in [5.74, 6) is 0.168. The molecule has 8 heteroatoms. The monoisotopic (exact) mass is 496 g/mol. The highest BCUT2D eigenvalue weighted by atomic mass is 35.5. The molecular formula is C26H26Cl2N4O2. The number of nitrogens with zero attached hydrogens (tertiary/aromatic N) is 2. The maximum absolute atomic E-state index is 12.7. The third kappa shape index (κ3) is 6.01. The van der Waals surface area contributed by atoms with Gasteiger partial charge in [-0.3, -0.25) is 4.79 Å². The van der Waals surface area contributed by atoms with Crippen molar-refractivity contribution >= 4 is 52.2 Å². The Kier molecular flexibility index (Phi) is 7.60. The second-order valence-electron chi connectivity index (χ2n) is 8.23. The largest absolute Gasteiger partial charge is 0.368 e. The van der Waals surface area contributed by atoms with Crippen LogP contribution in [0, 0.1) is 6.92 Å². The second-order valence-corrected chi connectivity index (χ2v) is 9.04. The Balaban J connectivity index is 1.27. The summed E-state index contributed by atoms with van der Waals surface area (Å²) in [5, 5.41) is 6.34. The lowest BCUT2D eigenvalue weighted by Gasteiger charge is -2.36. The molecule has 34 heavy (non-hydrogen) atoms. The quantitative estimate of drug-likeness (QED) is 0.466. The van der Waals surface area contributed by atoms with Crippen LogP contribution in [0.15, 0.2) is 66.7 Å². The van der Waals surface area contributed by atoms with Crippen LogP contribution in [0.3, 0.4) is 0 Å². The number of carbonyl (C=O) groups excluding carboxylic acids is 2. The predicted molar refractivity (Wildman–Crippen MR) is 139 cm³/mol. The van der Waals surface area contributed by atoms with E-state index in [4.69, 9.17) is 23.2 Å². The highest BCUT2D eigenvalue weighted by molar-refractivity contribution is 6.42. The van der Waals surface area contributed by atoms with E-state index in [0.717, 1.165) is 29.9 Å². The molecule has 176 valence electrons. The van der Waals surface area contributed by atoms with Gasteiger partial charge in [0.25, 0.3) is 0 Å². The normalized spacial score (nSPS) is 13.5. The van der Waals surface area contributed by atoms with Crippen molar-refractivity contribution in [1.82, 2.24) is 4.90 Å². The minimum atomic E-state index is -0.369. The molecule has 0 spiro atoms. The first-order valence-corrected chi connectivity index (χ1v) is 11.8. The van der Waals surface area contributed by atoms with Gasteiger partial charge < -0.3 is 20.4 Å². The minimum absolute atomic E-state index is 0.168. The Morgan fingerprint density at radius 3 is 2.15 bits per heavy atom. The second kappa shape index (κ2) is 10.8. The van der Waals surface area contributed by atoms with E-state index in [1.165, 1.54) is 0 Å². The number of carbonyl (C=O) groups is 2. The molecule has 0 radical (unpaired) electrons. The van der Waals surface area contributed by atoms with Crippen molar-refractivity contribution in [3.8, 4) is 0 Å². The molecule has 4 rings (SSSR count). The van der Waals surface area contributed by atoms with Crippen LogP contribution < -0.4 is 15.5 Å². The van der Waals surface area contributed by atoms with E-state index in [-0.39, 0.29) is 11.9 Å². The first-order chi connectivity index (χ1) is 16.4. The van der Waals surface area contributed by atoms with E-state index in [2.05, 4.69) is 15.5 Å². The van der Waals surface area contributed by atoms with Crippen molar-refractivity contribution in [2.75, 3.05) is 41.7 Å². The van der Waals surface area contributed by atoms with Crippen LogP contribution in [0.1, 0.15) is 11.1 Å². The Labute approximate surface area is 209 Å². The summed E-state index contributed by atoms with van der Waals surface area (Å²) >= 11 is 11.9. The standard InChI is InChI=1S/C26H26Cl2N4O2/c1-18-4-2-3-5-19(18)16-25(33)32-14-12-31(13-15-32)22-9-6-20(7-10-22)29-26(34)30-21-8-11-23(27)24(28)17-21/h2-11,17H,12-16H2,1H3,(H2,29,30,34). The number of halogens is 2. The van der Waals surface area contributed by atoms with Gasteiger partial charge in [-0.05, 0) is 60.5 Å². The summed E-state index contributed by atoms with van der Waals surface area (Å²) in [6.45, 7) is 4.96. The van der Waals surface area contributed by atoms with Crippen LogP contribution in [0.25, 0.3) is 0 Å². The zero-order valence-electron chi connectivity index (χ0n) is 18.9. The van der Waals surface area contributed by atoms with Gasteiger partial charge in [-0.1, -0.05) is 47.5 Å². The van der Waals surface area contributed by atoms with Crippen LogP contribution >= 0.6 is 23.2 Å². The summed E-state index contributed by atoms with van der Waals surface area (Å²) in [4.78, 5) is 29.2. The van der Waals surface area contributed by atoms with E-state index in [1.807, 2.05) is 60.4 Å². The molecule has 1 saturated heterocycles. The number of rotatable bonds is 5. The van der Waals surface area contributed by atoms with Crippen LogP contribution in [-0.2, 0) is 11.2 Å². The van der Waals surface area contributed by atoms with Crippen LogP contribution in [0.4, 0.5) is 21.9 Å². The molecule has 0 atom stereocenters. The smallest absolute Gasteiger partial charge is 0.323 e. The number of hydrogen-bond donors (Lipinski definition) is 2. The van der Waals surface area contributed by atoms with E-state index in [1.54, 1.807) is 18.2 Å². The molecule has 1 fully saturated rings. The Bertz CT molecular complexity index is 1180. The molecule has 1 aliphatic heterocycles. The number of amides is 3. The third-order valence-corrected chi connectivity index (χ3v) is 6.64. The first-order valence-electron chi connectivity index (χ1n) is 11.1. The van der Waals surface area contributed by atoms with Crippen molar-refractivity contribution in [1.29, 1.82) is 0 Å².